The number of sulfone groups is 1. The molecule has 0 amide bonds. The highest BCUT2D eigenvalue weighted by Gasteiger charge is 2.35. The van der Waals surface area contributed by atoms with E-state index in [2.05, 4.69) is 4.99 Å². The number of rotatable bonds is 6. The highest BCUT2D eigenvalue weighted by molar-refractivity contribution is 7.90. The molecule has 3 rings (SSSR count). The van der Waals surface area contributed by atoms with Crippen molar-refractivity contribution >= 4 is 61.5 Å². The van der Waals surface area contributed by atoms with Crippen molar-refractivity contribution in [3.8, 4) is 10.4 Å². The third kappa shape index (κ3) is 5.98. The van der Waals surface area contributed by atoms with Gasteiger partial charge >= 0.3 is 6.18 Å². The number of thiophene rings is 1. The highest BCUT2D eigenvalue weighted by atomic mass is 35.5. The smallest absolute Gasteiger partial charge is 0.300 e. The Kier molecular flexibility index (Phi) is 7.14. The second-order valence-corrected chi connectivity index (χ2v) is 10.7. The van der Waals surface area contributed by atoms with Gasteiger partial charge in [0.2, 0.25) is 0 Å². The first kappa shape index (κ1) is 24.4. The lowest BCUT2D eigenvalue weighted by Crippen LogP contribution is -2.24. The van der Waals surface area contributed by atoms with Crippen LogP contribution in [0.15, 0.2) is 64.5 Å². The molecular formula is C21H15Cl2F3N2O2S2. The summed E-state index contributed by atoms with van der Waals surface area (Å²) in [6.45, 7) is 0. The van der Waals surface area contributed by atoms with Crippen molar-refractivity contribution in [3.05, 3.63) is 69.5 Å². The molecule has 0 saturated carbocycles. The van der Waals surface area contributed by atoms with Gasteiger partial charge in [0.1, 0.15) is 5.71 Å². The van der Waals surface area contributed by atoms with Crippen LogP contribution in [0.2, 0.25) is 10.0 Å². The predicted octanol–water partition coefficient (Wildman–Crippen LogP) is 7.22. The molecule has 0 atom stereocenters. The lowest BCUT2D eigenvalue weighted by molar-refractivity contribution is -0.0605. The molecule has 32 heavy (non-hydrogen) atoms. The Balaban J connectivity index is 2.07. The Morgan fingerprint density at radius 2 is 1.81 bits per heavy atom. The third-order valence-electron chi connectivity index (χ3n) is 4.29. The maximum Gasteiger partial charge on any atom is 0.429 e. The monoisotopic (exact) mass is 518 g/mol. The second kappa shape index (κ2) is 9.35. The first-order chi connectivity index (χ1) is 14.8. The first-order valence-electron chi connectivity index (χ1n) is 8.92. The van der Waals surface area contributed by atoms with E-state index in [-0.39, 0.29) is 21.3 Å². The summed E-state index contributed by atoms with van der Waals surface area (Å²) >= 11 is 13.2. The fraction of sp³-hybridized carbons (Fsp3) is 0.143. The van der Waals surface area contributed by atoms with Crippen molar-refractivity contribution in [2.75, 3.05) is 6.26 Å². The van der Waals surface area contributed by atoms with Crippen LogP contribution in [0.4, 0.5) is 18.9 Å². The van der Waals surface area contributed by atoms with Gasteiger partial charge < -0.3 is 5.41 Å². The molecule has 0 spiro atoms. The number of hydrogen-bond acceptors (Lipinski definition) is 5. The van der Waals surface area contributed by atoms with Crippen LogP contribution >= 0.6 is 34.5 Å². The van der Waals surface area contributed by atoms with Crippen LogP contribution in [-0.2, 0) is 9.84 Å². The Labute approximate surface area is 196 Å². The van der Waals surface area contributed by atoms with Crippen LogP contribution in [0.1, 0.15) is 11.3 Å². The van der Waals surface area contributed by atoms with Gasteiger partial charge in [0.15, 0.2) is 9.84 Å². The molecule has 0 aliphatic rings. The second-order valence-electron chi connectivity index (χ2n) is 6.77. The minimum atomic E-state index is -4.80. The molecule has 168 valence electrons. The van der Waals surface area contributed by atoms with Crippen molar-refractivity contribution in [3.63, 3.8) is 0 Å². The van der Waals surface area contributed by atoms with Crippen molar-refractivity contribution in [1.82, 2.24) is 0 Å². The van der Waals surface area contributed by atoms with Crippen molar-refractivity contribution in [2.45, 2.75) is 17.5 Å². The quantitative estimate of drug-likeness (QED) is 0.350. The summed E-state index contributed by atoms with van der Waals surface area (Å²) < 4.78 is 62.8. The maximum absolute atomic E-state index is 13.1. The lowest BCUT2D eigenvalue weighted by atomic mass is 10.1. The molecule has 3 aromatic rings. The average Bonchev–Trinajstić information content (AvgIpc) is 3.19. The van der Waals surface area contributed by atoms with E-state index in [1.165, 1.54) is 30.3 Å². The van der Waals surface area contributed by atoms with Crippen LogP contribution in [0, 0.1) is 5.41 Å². The highest BCUT2D eigenvalue weighted by Crippen LogP contribution is 2.34. The van der Waals surface area contributed by atoms with E-state index in [0.29, 0.717) is 20.3 Å². The number of aliphatic imine (C=N–C) groups is 1. The fourth-order valence-electron chi connectivity index (χ4n) is 2.69. The number of nitrogens with one attached hydrogen (secondary N) is 1. The number of halogens is 5. The van der Waals surface area contributed by atoms with E-state index < -0.39 is 28.1 Å². The summed E-state index contributed by atoms with van der Waals surface area (Å²) in [4.78, 5) is 5.43. The Hall–Kier alpha value is -2.20. The van der Waals surface area contributed by atoms with Crippen molar-refractivity contribution < 1.29 is 21.6 Å². The average molecular weight is 519 g/mol. The van der Waals surface area contributed by atoms with Gasteiger partial charge in [-0.1, -0.05) is 35.3 Å². The van der Waals surface area contributed by atoms with Gasteiger partial charge in [0.25, 0.3) is 0 Å². The summed E-state index contributed by atoms with van der Waals surface area (Å²) in [6, 6.07) is 13.9. The van der Waals surface area contributed by atoms with Crippen LogP contribution in [-0.4, -0.2) is 32.3 Å². The van der Waals surface area contributed by atoms with E-state index in [1.54, 1.807) is 24.3 Å². The molecule has 1 aromatic heterocycles. The normalized spacial score (nSPS) is 12.8. The van der Waals surface area contributed by atoms with Gasteiger partial charge in [-0.15, -0.1) is 11.3 Å². The third-order valence-corrected chi connectivity index (χ3v) is 7.14. The summed E-state index contributed by atoms with van der Waals surface area (Å²) in [6.07, 6.45) is -4.48. The fourth-order valence-corrected chi connectivity index (χ4v) is 4.68. The topological polar surface area (TPSA) is 70.3 Å². The molecular weight excluding hydrogens is 504 g/mol. The van der Waals surface area contributed by atoms with Gasteiger partial charge in [0, 0.05) is 27.5 Å². The molecule has 2 aromatic carbocycles. The molecule has 11 heteroatoms. The molecule has 1 heterocycles. The SMILES string of the molecule is CS(=O)(=O)c1cccc(-c2ccc(C(CC(=N)C(F)(F)F)=Nc3cc(Cl)ccc3Cl)s2)c1. The van der Waals surface area contributed by atoms with Gasteiger partial charge in [-0.3, -0.25) is 0 Å². The zero-order valence-corrected chi connectivity index (χ0v) is 19.5. The Morgan fingerprint density at radius 1 is 1.09 bits per heavy atom. The van der Waals surface area contributed by atoms with Crippen molar-refractivity contribution in [2.24, 2.45) is 4.99 Å². The predicted molar refractivity (Wildman–Crippen MR) is 124 cm³/mol. The van der Waals surface area contributed by atoms with Gasteiger partial charge in [-0.2, -0.15) is 13.2 Å². The largest absolute Gasteiger partial charge is 0.429 e. The molecule has 0 fully saturated rings. The summed E-state index contributed by atoms with van der Waals surface area (Å²) in [7, 11) is -3.42. The number of hydrogen-bond donors (Lipinski definition) is 1. The maximum atomic E-state index is 13.1. The zero-order valence-electron chi connectivity index (χ0n) is 16.4. The van der Waals surface area contributed by atoms with E-state index >= 15 is 0 Å². The van der Waals surface area contributed by atoms with E-state index in [9.17, 15) is 21.6 Å². The van der Waals surface area contributed by atoms with Gasteiger partial charge in [0.05, 0.1) is 21.3 Å². The van der Waals surface area contributed by atoms with E-state index in [1.807, 2.05) is 0 Å². The minimum absolute atomic E-state index is 0.00740. The van der Waals surface area contributed by atoms with Gasteiger partial charge in [-0.25, -0.2) is 13.4 Å². The molecule has 4 nitrogen and oxygen atoms in total. The molecule has 1 N–H and O–H groups in total. The van der Waals surface area contributed by atoms with E-state index in [4.69, 9.17) is 28.6 Å². The summed E-state index contributed by atoms with van der Waals surface area (Å²) in [5.41, 5.74) is -0.691. The first-order valence-corrected chi connectivity index (χ1v) is 12.4. The molecule has 0 saturated heterocycles. The molecule has 0 aliphatic heterocycles. The van der Waals surface area contributed by atoms with Gasteiger partial charge in [-0.05, 0) is 48.0 Å². The number of benzene rings is 2. The molecule has 0 unspecified atom stereocenters. The standard InChI is InChI=1S/C21H15Cl2F3N2O2S2/c1-32(29,30)14-4-2-3-12(9-14)18-7-8-19(31-18)17(11-20(27)21(24,25)26)28-16-10-13(22)5-6-15(16)23/h2-10,27H,11H2,1H3. The van der Waals surface area contributed by atoms with Crippen LogP contribution in [0.3, 0.4) is 0 Å². The molecule has 0 bridgehead atoms. The molecule has 0 radical (unpaired) electrons. The molecule has 0 aliphatic carbocycles. The summed E-state index contributed by atoms with van der Waals surface area (Å²) in [5.74, 6) is 0. The van der Waals surface area contributed by atoms with E-state index in [0.717, 1.165) is 17.6 Å². The Morgan fingerprint density at radius 3 is 2.47 bits per heavy atom. The van der Waals surface area contributed by atoms with Crippen LogP contribution in [0.25, 0.3) is 10.4 Å². The Bertz CT molecular complexity index is 1320. The number of alkyl halides is 3. The lowest BCUT2D eigenvalue weighted by Gasteiger charge is -2.10. The van der Waals surface area contributed by atoms with Crippen LogP contribution < -0.4 is 0 Å². The van der Waals surface area contributed by atoms with Crippen molar-refractivity contribution in [1.29, 1.82) is 5.41 Å². The minimum Gasteiger partial charge on any atom is -0.300 e. The summed E-state index contributed by atoms with van der Waals surface area (Å²) in [5, 5.41) is 7.93. The number of nitrogens with zero attached hydrogens (tertiary/aromatic N) is 1. The van der Waals surface area contributed by atoms with Crippen LogP contribution in [0.5, 0.6) is 0 Å². The zero-order chi connectivity index (χ0) is 23.7.